The van der Waals surface area contributed by atoms with E-state index in [4.69, 9.17) is 14.6 Å². The van der Waals surface area contributed by atoms with Crippen molar-refractivity contribution in [3.8, 4) is 5.75 Å². The maximum absolute atomic E-state index is 13.2. The Morgan fingerprint density at radius 1 is 1.33 bits per heavy atom. The third-order valence-corrected chi connectivity index (χ3v) is 6.07. The van der Waals surface area contributed by atoms with E-state index in [0.717, 1.165) is 47.6 Å². The monoisotopic (exact) mass is 355 g/mol. The van der Waals surface area contributed by atoms with E-state index in [-0.39, 0.29) is 19.3 Å². The van der Waals surface area contributed by atoms with Gasteiger partial charge in [0.15, 0.2) is 0 Å². The molecule has 1 aromatic rings. The van der Waals surface area contributed by atoms with Gasteiger partial charge in [0, 0.05) is 12.6 Å². The summed E-state index contributed by atoms with van der Waals surface area (Å²) in [6.45, 7) is 4.55. The summed E-state index contributed by atoms with van der Waals surface area (Å²) in [5, 5.41) is 8.71. The zero-order valence-corrected chi connectivity index (χ0v) is 15.2. The largest absolute Gasteiger partial charge is 0.497 e. The molecule has 7 heteroatoms. The predicted molar refractivity (Wildman–Crippen MR) is 91.7 cm³/mol. The summed E-state index contributed by atoms with van der Waals surface area (Å²) < 4.78 is 25.6. The van der Waals surface area contributed by atoms with Crippen LogP contribution in [0.15, 0.2) is 17.0 Å². The van der Waals surface area contributed by atoms with Crippen molar-refractivity contribution in [3.63, 3.8) is 0 Å². The number of carboxylic acid groups (broad SMARTS) is 1. The highest BCUT2D eigenvalue weighted by atomic mass is 32.2. The molecule has 1 aromatic carbocycles. The van der Waals surface area contributed by atoms with E-state index in [1.807, 2.05) is 30.3 Å². The topological polar surface area (TPSA) is 76.1 Å². The quantitative estimate of drug-likeness (QED) is 0.812. The number of methoxy groups -OCH3 is 1. The van der Waals surface area contributed by atoms with Gasteiger partial charge in [-0.2, -0.15) is 0 Å². The molecule has 1 aliphatic rings. The van der Waals surface area contributed by atoms with Crippen LogP contribution in [0.3, 0.4) is 0 Å². The molecule has 134 valence electrons. The number of rotatable bonds is 7. The minimum Gasteiger partial charge on any atom is -0.497 e. The number of carboxylic acids is 1. The molecule has 1 saturated heterocycles. The van der Waals surface area contributed by atoms with Gasteiger partial charge in [0.1, 0.15) is 23.3 Å². The van der Waals surface area contributed by atoms with Crippen LogP contribution >= 0.6 is 0 Å². The first-order valence-electron chi connectivity index (χ1n) is 8.07. The van der Waals surface area contributed by atoms with Crippen molar-refractivity contribution >= 4 is 17.0 Å². The van der Waals surface area contributed by atoms with Crippen molar-refractivity contribution in [1.29, 1.82) is 0 Å². The Balaban J connectivity index is 2.18. The lowest BCUT2D eigenvalue weighted by Crippen LogP contribution is -2.44. The van der Waals surface area contributed by atoms with Gasteiger partial charge in [0.25, 0.3) is 0 Å². The van der Waals surface area contributed by atoms with Crippen LogP contribution in [-0.2, 0) is 20.5 Å². The van der Waals surface area contributed by atoms with Gasteiger partial charge < -0.3 is 14.6 Å². The average Bonchev–Trinajstić information content (AvgIpc) is 2.54. The summed E-state index contributed by atoms with van der Waals surface area (Å²) in [7, 11) is 0.319. The Hall–Kier alpha value is -1.44. The van der Waals surface area contributed by atoms with Crippen LogP contribution in [0.4, 0.5) is 0 Å². The Kier molecular flexibility index (Phi) is 6.77. The molecule has 2 unspecified atom stereocenters. The maximum atomic E-state index is 13.2. The van der Waals surface area contributed by atoms with E-state index >= 15 is 0 Å². The first-order valence-corrected chi connectivity index (χ1v) is 9.18. The molecule has 1 aliphatic heterocycles. The normalized spacial score (nSPS) is 19.9. The minimum atomic E-state index is -1.30. The molecule has 6 nitrogen and oxygen atoms in total. The highest BCUT2D eigenvalue weighted by molar-refractivity contribution is 7.82. The smallest absolute Gasteiger partial charge is 0.329 e. The van der Waals surface area contributed by atoms with Crippen LogP contribution in [-0.4, -0.2) is 52.5 Å². The van der Waals surface area contributed by atoms with E-state index in [1.54, 1.807) is 7.11 Å². The van der Waals surface area contributed by atoms with Crippen molar-refractivity contribution in [2.75, 3.05) is 26.9 Å². The second-order valence-corrected chi connectivity index (χ2v) is 7.41. The van der Waals surface area contributed by atoms with Gasteiger partial charge in [-0.05, 0) is 49.9 Å². The molecule has 1 fully saturated rings. The molecule has 2 rings (SSSR count). The van der Waals surface area contributed by atoms with Gasteiger partial charge >= 0.3 is 5.97 Å². The van der Waals surface area contributed by atoms with E-state index in [0.29, 0.717) is 0 Å². The number of ether oxygens (including phenoxy) is 2. The molecule has 0 amide bonds. The van der Waals surface area contributed by atoms with Gasteiger partial charge in [-0.15, -0.1) is 0 Å². The maximum Gasteiger partial charge on any atom is 0.329 e. The molecular weight excluding hydrogens is 330 g/mol. The lowest BCUT2D eigenvalue weighted by Gasteiger charge is -2.34. The van der Waals surface area contributed by atoms with Crippen molar-refractivity contribution in [3.05, 3.63) is 23.3 Å². The first kappa shape index (κ1) is 18.9. The van der Waals surface area contributed by atoms with E-state index in [1.165, 1.54) is 0 Å². The summed E-state index contributed by atoms with van der Waals surface area (Å²) in [5.41, 5.74) is 1.86. The number of aryl methyl sites for hydroxylation is 2. The van der Waals surface area contributed by atoms with Crippen LogP contribution in [0.25, 0.3) is 0 Å². The minimum absolute atomic E-state index is 0.0279. The molecule has 1 N–H and O–H groups in total. The third kappa shape index (κ3) is 4.55. The fourth-order valence-corrected chi connectivity index (χ4v) is 4.70. The number of benzene rings is 1. The Morgan fingerprint density at radius 2 is 2.00 bits per heavy atom. The van der Waals surface area contributed by atoms with Crippen LogP contribution in [0.5, 0.6) is 5.75 Å². The molecule has 0 aromatic heterocycles. The molecule has 2 atom stereocenters. The molecule has 0 aliphatic carbocycles. The number of carbonyl (C=O) groups is 1. The fourth-order valence-electron chi connectivity index (χ4n) is 3.06. The Morgan fingerprint density at radius 3 is 2.58 bits per heavy atom. The first-order chi connectivity index (χ1) is 11.4. The molecular formula is C17H25NO5S. The van der Waals surface area contributed by atoms with Crippen molar-refractivity contribution in [2.24, 2.45) is 0 Å². The summed E-state index contributed by atoms with van der Waals surface area (Å²) in [4.78, 5) is 11.4. The SMILES string of the molecule is COc1cc(C)c(S(=O)N2CCCCC2COCC(=O)O)c(C)c1. The molecule has 24 heavy (non-hydrogen) atoms. The summed E-state index contributed by atoms with van der Waals surface area (Å²) in [6.07, 6.45) is 2.88. The molecule has 0 saturated carbocycles. The molecule has 0 spiro atoms. The number of aliphatic carboxylic acids is 1. The van der Waals surface area contributed by atoms with Gasteiger partial charge in [-0.25, -0.2) is 13.3 Å². The van der Waals surface area contributed by atoms with Crippen molar-refractivity contribution in [2.45, 2.75) is 44.0 Å². The van der Waals surface area contributed by atoms with Crippen LogP contribution in [0.2, 0.25) is 0 Å². The second-order valence-electron chi connectivity index (χ2n) is 6.04. The highest BCUT2D eigenvalue weighted by Crippen LogP contribution is 2.29. The van der Waals surface area contributed by atoms with E-state index in [2.05, 4.69) is 0 Å². The Bertz CT molecular complexity index is 596. The van der Waals surface area contributed by atoms with Gasteiger partial charge in [-0.1, -0.05) is 6.42 Å². The number of piperidine rings is 1. The summed E-state index contributed by atoms with van der Waals surface area (Å²) in [6, 6.07) is 3.75. The number of hydrogen-bond donors (Lipinski definition) is 1. The van der Waals surface area contributed by atoms with Crippen LogP contribution in [0.1, 0.15) is 30.4 Å². The lowest BCUT2D eigenvalue weighted by atomic mass is 10.1. The van der Waals surface area contributed by atoms with Crippen molar-refractivity contribution < 1.29 is 23.6 Å². The average molecular weight is 355 g/mol. The standard InChI is InChI=1S/C17H25NO5S/c1-12-8-15(22-3)9-13(2)17(12)24(21)18-7-5-4-6-14(18)10-23-11-16(19)20/h8-9,14H,4-7,10-11H2,1-3H3,(H,19,20). The number of nitrogens with zero attached hydrogens (tertiary/aromatic N) is 1. The predicted octanol–water partition coefficient (Wildman–Crippen LogP) is 2.29. The van der Waals surface area contributed by atoms with Crippen molar-refractivity contribution in [1.82, 2.24) is 4.31 Å². The molecule has 0 radical (unpaired) electrons. The molecule has 0 bridgehead atoms. The highest BCUT2D eigenvalue weighted by Gasteiger charge is 2.29. The van der Waals surface area contributed by atoms with Gasteiger partial charge in [-0.3, -0.25) is 0 Å². The third-order valence-electron chi connectivity index (χ3n) is 4.17. The lowest BCUT2D eigenvalue weighted by molar-refractivity contribution is -0.142. The summed E-state index contributed by atoms with van der Waals surface area (Å²) >= 11 is 0. The number of hydrogen-bond acceptors (Lipinski definition) is 4. The van der Waals surface area contributed by atoms with Crippen LogP contribution in [0, 0.1) is 13.8 Å². The van der Waals surface area contributed by atoms with Gasteiger partial charge in [0.2, 0.25) is 0 Å². The molecule has 1 heterocycles. The van der Waals surface area contributed by atoms with E-state index in [9.17, 15) is 9.00 Å². The Labute approximate surface area is 145 Å². The van der Waals surface area contributed by atoms with Gasteiger partial charge in [0.05, 0.1) is 18.6 Å². The van der Waals surface area contributed by atoms with E-state index < -0.39 is 17.0 Å². The zero-order chi connectivity index (χ0) is 17.7. The summed E-state index contributed by atoms with van der Waals surface area (Å²) in [5.74, 6) is -0.230. The fraction of sp³-hybridized carbons (Fsp3) is 0.588. The second kappa shape index (κ2) is 8.60. The van der Waals surface area contributed by atoms with Crippen LogP contribution < -0.4 is 4.74 Å². The zero-order valence-electron chi connectivity index (χ0n) is 14.4.